The van der Waals surface area contributed by atoms with Crippen molar-refractivity contribution in [2.75, 3.05) is 6.54 Å². The van der Waals surface area contributed by atoms with E-state index in [4.69, 9.17) is 5.73 Å². The van der Waals surface area contributed by atoms with Gasteiger partial charge in [-0.2, -0.15) is 0 Å². The van der Waals surface area contributed by atoms with Crippen molar-refractivity contribution in [1.82, 2.24) is 15.5 Å². The molecule has 1 rings (SSSR count). The van der Waals surface area contributed by atoms with Crippen molar-refractivity contribution in [2.45, 2.75) is 83.3 Å². The number of nitrogens with one attached hydrogen (secondary N) is 2. The van der Waals surface area contributed by atoms with E-state index < -0.39 is 60.1 Å². The molecule has 0 aromatic carbocycles. The summed E-state index contributed by atoms with van der Waals surface area (Å²) in [7, 11) is 0. The smallest absolute Gasteiger partial charge is 0.326 e. The number of carboxylic acids is 1. The van der Waals surface area contributed by atoms with E-state index >= 15 is 0 Å². The standard InChI is InChI=1S/C19H34N4O7/c1-5-9(2)13(20)16(26)21-14(10(3)24)17(27)22-15(11(4)25)18(28)23-8-6-7-12(23)19(29)30/h9-15,24-25H,5-8,20H2,1-4H3,(H,21,26)(H,22,27)(H,29,30). The lowest BCUT2D eigenvalue weighted by atomic mass is 9.98. The number of aliphatic carboxylic acids is 1. The predicted octanol–water partition coefficient (Wildman–Crippen LogP) is -1.83. The van der Waals surface area contributed by atoms with E-state index in [2.05, 4.69) is 10.6 Å². The first-order valence-corrected chi connectivity index (χ1v) is 10.2. The molecule has 7 unspecified atom stereocenters. The average Bonchev–Trinajstić information content (AvgIpc) is 3.17. The summed E-state index contributed by atoms with van der Waals surface area (Å²) in [5.74, 6) is -3.58. The van der Waals surface area contributed by atoms with Gasteiger partial charge >= 0.3 is 5.97 Å². The number of carbonyl (C=O) groups is 4. The maximum atomic E-state index is 12.8. The second-order valence-corrected chi connectivity index (χ2v) is 7.89. The lowest BCUT2D eigenvalue weighted by Crippen LogP contribution is -2.62. The molecule has 0 bridgehead atoms. The summed E-state index contributed by atoms with van der Waals surface area (Å²) in [4.78, 5) is 50.3. The fourth-order valence-electron chi connectivity index (χ4n) is 3.26. The lowest BCUT2D eigenvalue weighted by Gasteiger charge is -2.31. The first-order chi connectivity index (χ1) is 13.9. The summed E-state index contributed by atoms with van der Waals surface area (Å²) in [6, 6.07) is -4.76. The first kappa shape index (κ1) is 25.8. The number of aliphatic hydroxyl groups is 2. The average molecular weight is 431 g/mol. The van der Waals surface area contributed by atoms with Crippen molar-refractivity contribution in [1.29, 1.82) is 0 Å². The van der Waals surface area contributed by atoms with Crippen molar-refractivity contribution in [3.05, 3.63) is 0 Å². The highest BCUT2D eigenvalue weighted by molar-refractivity contribution is 5.94. The topological polar surface area (TPSA) is 182 Å². The molecule has 1 saturated heterocycles. The Balaban J connectivity index is 2.94. The molecule has 11 heteroatoms. The third-order valence-electron chi connectivity index (χ3n) is 5.49. The van der Waals surface area contributed by atoms with Gasteiger partial charge in [-0.25, -0.2) is 4.79 Å². The van der Waals surface area contributed by atoms with Crippen molar-refractivity contribution in [2.24, 2.45) is 11.7 Å². The Labute approximate surface area is 176 Å². The minimum absolute atomic E-state index is 0.155. The fraction of sp³-hybridized carbons (Fsp3) is 0.789. The van der Waals surface area contributed by atoms with Gasteiger partial charge in [-0.05, 0) is 32.6 Å². The zero-order chi connectivity index (χ0) is 23.2. The van der Waals surface area contributed by atoms with Crippen LogP contribution in [0, 0.1) is 5.92 Å². The van der Waals surface area contributed by atoms with Crippen LogP contribution >= 0.6 is 0 Å². The molecule has 1 fully saturated rings. The summed E-state index contributed by atoms with van der Waals surface area (Å²) >= 11 is 0. The normalized spacial score (nSPS) is 22.4. The van der Waals surface area contributed by atoms with Crippen LogP contribution in [0.1, 0.15) is 47.0 Å². The molecule has 1 aliphatic heterocycles. The number of hydrogen-bond donors (Lipinski definition) is 6. The molecule has 1 heterocycles. The third-order valence-corrected chi connectivity index (χ3v) is 5.49. The van der Waals surface area contributed by atoms with Gasteiger partial charge < -0.3 is 36.6 Å². The number of likely N-dealkylation sites (tertiary alicyclic amines) is 1. The van der Waals surface area contributed by atoms with Crippen LogP contribution < -0.4 is 16.4 Å². The SMILES string of the molecule is CCC(C)C(N)C(=O)NC(C(=O)NC(C(=O)N1CCCC1C(=O)O)C(C)O)C(C)O. The quantitative estimate of drug-likeness (QED) is 0.234. The number of nitrogens with zero attached hydrogens (tertiary/aromatic N) is 1. The van der Waals surface area contributed by atoms with Crippen LogP contribution in [0.3, 0.4) is 0 Å². The zero-order valence-electron chi connectivity index (χ0n) is 17.9. The van der Waals surface area contributed by atoms with Crippen LogP contribution in [0.25, 0.3) is 0 Å². The molecule has 1 aliphatic rings. The largest absolute Gasteiger partial charge is 0.480 e. The minimum atomic E-state index is -1.43. The first-order valence-electron chi connectivity index (χ1n) is 10.2. The monoisotopic (exact) mass is 430 g/mol. The number of nitrogens with two attached hydrogens (primary N) is 1. The van der Waals surface area contributed by atoms with Crippen molar-refractivity contribution in [3.63, 3.8) is 0 Å². The third kappa shape index (κ3) is 6.38. The number of amides is 3. The minimum Gasteiger partial charge on any atom is -0.480 e. The maximum Gasteiger partial charge on any atom is 0.326 e. The molecule has 30 heavy (non-hydrogen) atoms. The van der Waals surface area contributed by atoms with E-state index in [-0.39, 0.29) is 18.9 Å². The maximum absolute atomic E-state index is 12.8. The number of aliphatic hydroxyl groups excluding tert-OH is 2. The van der Waals surface area contributed by atoms with Crippen LogP contribution in [0.15, 0.2) is 0 Å². The van der Waals surface area contributed by atoms with Gasteiger partial charge in [0.05, 0.1) is 18.2 Å². The Morgan fingerprint density at radius 1 is 1.03 bits per heavy atom. The van der Waals surface area contributed by atoms with Gasteiger partial charge in [0.15, 0.2) is 0 Å². The number of rotatable bonds is 10. The van der Waals surface area contributed by atoms with Gasteiger partial charge in [0.2, 0.25) is 17.7 Å². The molecule has 7 N–H and O–H groups in total. The van der Waals surface area contributed by atoms with Crippen LogP contribution in [0.4, 0.5) is 0 Å². The molecule has 0 aromatic rings. The van der Waals surface area contributed by atoms with Crippen molar-refractivity contribution in [3.8, 4) is 0 Å². The van der Waals surface area contributed by atoms with E-state index in [1.54, 1.807) is 6.92 Å². The van der Waals surface area contributed by atoms with Crippen molar-refractivity contribution >= 4 is 23.7 Å². The molecule has 11 nitrogen and oxygen atoms in total. The Morgan fingerprint density at radius 3 is 2.03 bits per heavy atom. The van der Waals surface area contributed by atoms with Crippen LogP contribution in [-0.2, 0) is 19.2 Å². The van der Waals surface area contributed by atoms with E-state index in [9.17, 15) is 34.5 Å². The molecule has 172 valence electrons. The van der Waals surface area contributed by atoms with Gasteiger partial charge in [0.1, 0.15) is 18.1 Å². The summed E-state index contributed by atoms with van der Waals surface area (Å²) in [6.07, 6.45) is -1.23. The molecule has 0 saturated carbocycles. The summed E-state index contributed by atoms with van der Waals surface area (Å²) in [6.45, 7) is 6.40. The summed E-state index contributed by atoms with van der Waals surface area (Å²) in [5.41, 5.74) is 5.86. The molecule has 0 aromatic heterocycles. The molecule has 7 atom stereocenters. The molecule has 3 amide bonds. The highest BCUT2D eigenvalue weighted by atomic mass is 16.4. The Bertz CT molecular complexity index is 640. The highest BCUT2D eigenvalue weighted by Gasteiger charge is 2.40. The summed E-state index contributed by atoms with van der Waals surface area (Å²) in [5, 5.41) is 34.0. The number of carboxylic acid groups (broad SMARTS) is 1. The Hall–Kier alpha value is -2.24. The second-order valence-electron chi connectivity index (χ2n) is 7.89. The molecule has 0 aliphatic carbocycles. The van der Waals surface area contributed by atoms with Crippen LogP contribution in [0.5, 0.6) is 0 Å². The van der Waals surface area contributed by atoms with E-state index in [0.717, 1.165) is 4.90 Å². The zero-order valence-corrected chi connectivity index (χ0v) is 17.9. The van der Waals surface area contributed by atoms with Gasteiger partial charge in [0, 0.05) is 6.54 Å². The predicted molar refractivity (Wildman–Crippen MR) is 107 cm³/mol. The molecular formula is C19H34N4O7. The molecule has 0 radical (unpaired) electrons. The number of carbonyl (C=O) groups excluding carboxylic acids is 3. The van der Waals surface area contributed by atoms with Crippen LogP contribution in [0.2, 0.25) is 0 Å². The Kier molecular flexibility index (Phi) is 9.66. The highest BCUT2D eigenvalue weighted by Crippen LogP contribution is 2.19. The van der Waals surface area contributed by atoms with Gasteiger partial charge in [-0.15, -0.1) is 0 Å². The molecule has 0 spiro atoms. The lowest BCUT2D eigenvalue weighted by molar-refractivity contribution is -0.151. The summed E-state index contributed by atoms with van der Waals surface area (Å²) < 4.78 is 0. The van der Waals surface area contributed by atoms with E-state index in [0.29, 0.717) is 12.8 Å². The van der Waals surface area contributed by atoms with Gasteiger partial charge in [0.25, 0.3) is 0 Å². The number of hydrogen-bond acceptors (Lipinski definition) is 7. The second kappa shape index (κ2) is 11.2. The van der Waals surface area contributed by atoms with E-state index in [1.165, 1.54) is 13.8 Å². The van der Waals surface area contributed by atoms with E-state index in [1.807, 2.05) is 6.92 Å². The van der Waals surface area contributed by atoms with Crippen LogP contribution in [-0.4, -0.2) is 86.8 Å². The van der Waals surface area contributed by atoms with Gasteiger partial charge in [-0.3, -0.25) is 14.4 Å². The Morgan fingerprint density at radius 2 is 1.57 bits per heavy atom. The fourth-order valence-corrected chi connectivity index (χ4v) is 3.26. The van der Waals surface area contributed by atoms with Gasteiger partial charge in [-0.1, -0.05) is 20.3 Å². The molecular weight excluding hydrogens is 396 g/mol. The van der Waals surface area contributed by atoms with Crippen molar-refractivity contribution < 1.29 is 34.5 Å².